The lowest BCUT2D eigenvalue weighted by molar-refractivity contribution is 0.118. The summed E-state index contributed by atoms with van der Waals surface area (Å²) in [4.78, 5) is 29.3. The minimum atomic E-state index is -0.142. The highest BCUT2D eigenvalue weighted by molar-refractivity contribution is 6.08. The van der Waals surface area contributed by atoms with E-state index in [2.05, 4.69) is 19.9 Å². The quantitative estimate of drug-likeness (QED) is 0.636. The van der Waals surface area contributed by atoms with Crippen molar-refractivity contribution in [1.29, 1.82) is 0 Å². The lowest BCUT2D eigenvalue weighted by atomic mass is 10.2. The van der Waals surface area contributed by atoms with E-state index in [1.165, 1.54) is 6.20 Å². The van der Waals surface area contributed by atoms with Gasteiger partial charge in [0.2, 0.25) is 5.78 Å². The Kier molecular flexibility index (Phi) is 4.76. The van der Waals surface area contributed by atoms with E-state index < -0.39 is 0 Å². The van der Waals surface area contributed by atoms with Crippen LogP contribution in [0.25, 0.3) is 22.5 Å². The molecule has 1 unspecified atom stereocenters. The summed E-state index contributed by atoms with van der Waals surface area (Å²) in [6.45, 7) is 4.00. The van der Waals surface area contributed by atoms with E-state index in [0.717, 1.165) is 25.9 Å². The number of hydrogen-bond donors (Lipinski definition) is 2. The molecule has 0 bridgehead atoms. The molecule has 3 N–H and O–H groups in total. The maximum Gasteiger partial charge on any atom is 0.280 e. The predicted molar refractivity (Wildman–Crippen MR) is 104 cm³/mol. The van der Waals surface area contributed by atoms with Gasteiger partial charge in [0, 0.05) is 38.0 Å². The Balaban J connectivity index is 1.72. The van der Waals surface area contributed by atoms with Crippen molar-refractivity contribution in [3.63, 3.8) is 0 Å². The molecule has 0 saturated carbocycles. The summed E-state index contributed by atoms with van der Waals surface area (Å²) >= 11 is 0. The van der Waals surface area contributed by atoms with Crippen LogP contribution in [0.5, 0.6) is 0 Å². The van der Waals surface area contributed by atoms with Crippen molar-refractivity contribution in [2.75, 3.05) is 13.2 Å². The van der Waals surface area contributed by atoms with Crippen molar-refractivity contribution < 1.29 is 4.74 Å². The number of nitrogens with zero attached hydrogens (tertiary/aromatic N) is 5. The van der Waals surface area contributed by atoms with E-state index >= 15 is 0 Å². The molecular weight excluding hydrogens is 346 g/mol. The van der Waals surface area contributed by atoms with Gasteiger partial charge in [0.05, 0.1) is 18.2 Å². The van der Waals surface area contributed by atoms with Gasteiger partial charge in [-0.3, -0.25) is 18.8 Å². The zero-order valence-electron chi connectivity index (χ0n) is 15.3. The largest absolute Gasteiger partial charge is 0.404 e. The Hall–Kier alpha value is -2.94. The molecule has 4 heterocycles. The van der Waals surface area contributed by atoms with Gasteiger partial charge in [0.1, 0.15) is 5.82 Å². The molecule has 3 aromatic rings. The molecule has 27 heavy (non-hydrogen) atoms. The number of aromatic amines is 1. The Morgan fingerprint density at radius 3 is 3.19 bits per heavy atom. The SMILES string of the molecule is CCCn1c(=O)c2[nH]c(C(C=NCC3CCCO3)=CN)nc2n2ccnc12. The highest BCUT2D eigenvalue weighted by atomic mass is 16.5. The molecule has 1 aliphatic rings. The van der Waals surface area contributed by atoms with Crippen LogP contribution in [-0.4, -0.2) is 49.4 Å². The van der Waals surface area contributed by atoms with Crippen LogP contribution < -0.4 is 11.3 Å². The van der Waals surface area contributed by atoms with Crippen molar-refractivity contribution >= 4 is 28.7 Å². The number of nitrogens with two attached hydrogens (primary N) is 1. The second-order valence-corrected chi connectivity index (χ2v) is 6.59. The van der Waals surface area contributed by atoms with E-state index in [-0.39, 0.29) is 11.7 Å². The Morgan fingerprint density at radius 2 is 2.44 bits per heavy atom. The van der Waals surface area contributed by atoms with Gasteiger partial charge in [-0.25, -0.2) is 9.97 Å². The molecule has 4 rings (SSSR count). The first-order chi connectivity index (χ1) is 13.2. The molecule has 1 atom stereocenters. The second kappa shape index (κ2) is 7.36. The van der Waals surface area contributed by atoms with Crippen LogP contribution >= 0.6 is 0 Å². The average molecular weight is 369 g/mol. The molecule has 3 aromatic heterocycles. The monoisotopic (exact) mass is 369 g/mol. The number of ether oxygens (including phenoxy) is 1. The predicted octanol–water partition coefficient (Wildman–Crippen LogP) is 1.33. The van der Waals surface area contributed by atoms with E-state index in [4.69, 9.17) is 10.5 Å². The van der Waals surface area contributed by atoms with Gasteiger partial charge in [-0.15, -0.1) is 0 Å². The van der Waals surface area contributed by atoms with Gasteiger partial charge in [-0.2, -0.15) is 0 Å². The fourth-order valence-electron chi connectivity index (χ4n) is 3.38. The zero-order chi connectivity index (χ0) is 18.8. The molecule has 0 spiro atoms. The molecule has 9 nitrogen and oxygen atoms in total. The lowest BCUT2D eigenvalue weighted by Crippen LogP contribution is -2.23. The number of H-pyrrole nitrogens is 1. The first-order valence-corrected chi connectivity index (χ1v) is 9.22. The molecular formula is C18H23N7O2. The summed E-state index contributed by atoms with van der Waals surface area (Å²) in [5.41, 5.74) is 7.22. The Bertz CT molecular complexity index is 1070. The number of imidazole rings is 2. The molecule has 1 fully saturated rings. The first kappa shape index (κ1) is 17.5. The van der Waals surface area contributed by atoms with Crippen molar-refractivity contribution in [2.45, 2.75) is 38.8 Å². The summed E-state index contributed by atoms with van der Waals surface area (Å²) < 4.78 is 9.04. The first-order valence-electron chi connectivity index (χ1n) is 9.22. The van der Waals surface area contributed by atoms with Crippen LogP contribution in [0.4, 0.5) is 0 Å². The maximum atomic E-state index is 12.9. The van der Waals surface area contributed by atoms with E-state index in [1.54, 1.807) is 23.2 Å². The average Bonchev–Trinajstić information content (AvgIpc) is 3.42. The van der Waals surface area contributed by atoms with Gasteiger partial charge < -0.3 is 15.5 Å². The summed E-state index contributed by atoms with van der Waals surface area (Å²) in [6, 6.07) is 0. The smallest absolute Gasteiger partial charge is 0.280 e. The summed E-state index contributed by atoms with van der Waals surface area (Å²) in [5.74, 6) is 1.09. The zero-order valence-corrected chi connectivity index (χ0v) is 15.3. The molecule has 1 aliphatic heterocycles. The van der Waals surface area contributed by atoms with Crippen molar-refractivity contribution in [1.82, 2.24) is 23.9 Å². The van der Waals surface area contributed by atoms with Gasteiger partial charge in [-0.1, -0.05) is 6.92 Å². The lowest BCUT2D eigenvalue weighted by Gasteiger charge is -2.05. The molecule has 0 radical (unpaired) electrons. The second-order valence-electron chi connectivity index (χ2n) is 6.59. The highest BCUT2D eigenvalue weighted by Gasteiger charge is 2.17. The number of aliphatic imine (C=N–C) groups is 1. The molecule has 1 saturated heterocycles. The summed E-state index contributed by atoms with van der Waals surface area (Å²) in [7, 11) is 0. The number of hydrogen-bond acceptors (Lipinski definition) is 6. The van der Waals surface area contributed by atoms with Gasteiger partial charge in [0.25, 0.3) is 5.56 Å². The highest BCUT2D eigenvalue weighted by Crippen LogP contribution is 2.16. The summed E-state index contributed by atoms with van der Waals surface area (Å²) in [5, 5.41) is 0. The van der Waals surface area contributed by atoms with E-state index in [9.17, 15) is 4.79 Å². The summed E-state index contributed by atoms with van der Waals surface area (Å²) in [6.07, 6.45) is 9.68. The van der Waals surface area contributed by atoms with Crippen LogP contribution in [0, 0.1) is 0 Å². The Labute approximate surface area is 155 Å². The third-order valence-corrected chi connectivity index (χ3v) is 4.70. The number of nitrogens with one attached hydrogen (secondary N) is 1. The molecule has 0 aliphatic carbocycles. The van der Waals surface area contributed by atoms with Gasteiger partial charge >= 0.3 is 0 Å². The van der Waals surface area contributed by atoms with Crippen molar-refractivity contribution in [3.8, 4) is 0 Å². The van der Waals surface area contributed by atoms with Crippen molar-refractivity contribution in [3.05, 3.63) is 34.8 Å². The molecule has 0 amide bonds. The van der Waals surface area contributed by atoms with Crippen LogP contribution in [-0.2, 0) is 11.3 Å². The number of aryl methyl sites for hydroxylation is 1. The molecule has 9 heteroatoms. The number of allylic oxidation sites excluding steroid dienone is 1. The van der Waals surface area contributed by atoms with Crippen LogP contribution in [0.2, 0.25) is 0 Å². The topological polar surface area (TPSA) is 116 Å². The maximum absolute atomic E-state index is 12.9. The van der Waals surface area contributed by atoms with Crippen molar-refractivity contribution in [2.24, 2.45) is 10.7 Å². The number of fused-ring (bicyclic) bond motifs is 3. The Morgan fingerprint density at radius 1 is 1.56 bits per heavy atom. The van der Waals surface area contributed by atoms with E-state index in [1.807, 2.05) is 11.3 Å². The van der Waals surface area contributed by atoms with Gasteiger partial charge in [-0.05, 0) is 19.3 Å². The van der Waals surface area contributed by atoms with Gasteiger partial charge in [0.15, 0.2) is 11.2 Å². The third-order valence-electron chi connectivity index (χ3n) is 4.70. The normalized spacial score (nSPS) is 18.4. The van der Waals surface area contributed by atoms with Crippen LogP contribution in [0.15, 0.2) is 28.4 Å². The minimum absolute atomic E-state index is 0.142. The number of aromatic nitrogens is 5. The third kappa shape index (κ3) is 3.14. The van der Waals surface area contributed by atoms with Crippen LogP contribution in [0.1, 0.15) is 32.0 Å². The fourth-order valence-corrected chi connectivity index (χ4v) is 3.38. The number of rotatable bonds is 6. The molecule has 142 valence electrons. The molecule has 0 aromatic carbocycles. The fraction of sp³-hybridized carbons (Fsp3) is 0.444. The standard InChI is InChI=1S/C18H23N7O2/c1-2-6-25-17(26)14-16(24-7-5-21-18(24)25)23-15(22-14)12(9-19)10-20-11-13-4-3-8-27-13/h5,7,9-10,13H,2-4,6,8,11,19H2,1H3,(H,22,23). The van der Waals surface area contributed by atoms with E-state index in [0.29, 0.717) is 41.4 Å². The van der Waals surface area contributed by atoms with Crippen LogP contribution in [0.3, 0.4) is 0 Å². The minimum Gasteiger partial charge on any atom is -0.404 e.